The van der Waals surface area contributed by atoms with Crippen molar-refractivity contribution in [2.75, 3.05) is 5.32 Å². The third-order valence-electron chi connectivity index (χ3n) is 2.67. The number of rotatable bonds is 3. The Hall–Kier alpha value is -0.810. The molecule has 1 atom stereocenters. The van der Waals surface area contributed by atoms with Crippen molar-refractivity contribution in [3.8, 4) is 0 Å². The molecule has 2 aromatic rings. The van der Waals surface area contributed by atoms with Crippen LogP contribution in [-0.4, -0.2) is 0 Å². The maximum atomic E-state index is 12.9. The molecule has 0 fully saturated rings. The van der Waals surface area contributed by atoms with Gasteiger partial charge in [-0.1, -0.05) is 23.7 Å². The van der Waals surface area contributed by atoms with Crippen molar-refractivity contribution in [3.05, 3.63) is 62.4 Å². The first-order valence-electron chi connectivity index (χ1n) is 5.53. The molecule has 0 aliphatic heterocycles. The monoisotopic (exact) mass is 375 g/mol. The lowest BCUT2D eigenvalue weighted by Gasteiger charge is -2.16. The zero-order valence-electron chi connectivity index (χ0n) is 9.75. The minimum atomic E-state index is -0.326. The minimum absolute atomic E-state index is 0.116. The summed E-state index contributed by atoms with van der Waals surface area (Å²) < 4.78 is 14.1. The Bertz CT molecular complexity index is 542. The molecular formula is C14H12ClFIN. The molecule has 0 heterocycles. The van der Waals surface area contributed by atoms with E-state index in [9.17, 15) is 4.39 Å². The fourth-order valence-electron chi connectivity index (χ4n) is 1.67. The topological polar surface area (TPSA) is 12.0 Å². The van der Waals surface area contributed by atoms with E-state index in [1.165, 1.54) is 15.7 Å². The number of halogens is 3. The van der Waals surface area contributed by atoms with Crippen molar-refractivity contribution in [3.63, 3.8) is 0 Å². The number of benzene rings is 2. The third-order valence-corrected chi connectivity index (χ3v) is 3.71. The third kappa shape index (κ3) is 3.36. The normalized spacial score (nSPS) is 12.2. The summed E-state index contributed by atoms with van der Waals surface area (Å²) in [7, 11) is 0. The Morgan fingerprint density at radius 2 is 1.83 bits per heavy atom. The molecule has 18 heavy (non-hydrogen) atoms. The summed E-state index contributed by atoms with van der Waals surface area (Å²) in [4.78, 5) is 0. The molecule has 2 rings (SSSR count). The summed E-state index contributed by atoms with van der Waals surface area (Å²) >= 11 is 8.25. The molecule has 0 aliphatic rings. The highest BCUT2D eigenvalue weighted by Crippen LogP contribution is 2.27. The van der Waals surface area contributed by atoms with Crippen LogP contribution in [0.25, 0.3) is 0 Å². The van der Waals surface area contributed by atoms with E-state index in [4.69, 9.17) is 11.6 Å². The van der Waals surface area contributed by atoms with Gasteiger partial charge in [-0.05, 0) is 65.4 Å². The number of hydrogen-bond acceptors (Lipinski definition) is 1. The van der Waals surface area contributed by atoms with Crippen LogP contribution >= 0.6 is 34.2 Å². The van der Waals surface area contributed by atoms with Gasteiger partial charge in [0.15, 0.2) is 0 Å². The van der Waals surface area contributed by atoms with Crippen LogP contribution in [-0.2, 0) is 0 Å². The average molecular weight is 376 g/mol. The lowest BCUT2D eigenvalue weighted by molar-refractivity contribution is 0.628. The highest BCUT2D eigenvalue weighted by atomic mass is 127. The van der Waals surface area contributed by atoms with E-state index in [0.717, 1.165) is 11.3 Å². The Morgan fingerprint density at radius 1 is 1.17 bits per heavy atom. The SMILES string of the molecule is CC(Nc1ccc(F)cc1Cl)c1ccc(I)cc1. The van der Waals surface area contributed by atoms with Crippen LogP contribution < -0.4 is 5.32 Å². The van der Waals surface area contributed by atoms with Crippen LogP contribution in [0.5, 0.6) is 0 Å². The van der Waals surface area contributed by atoms with Gasteiger partial charge < -0.3 is 5.32 Å². The van der Waals surface area contributed by atoms with Gasteiger partial charge in [-0.3, -0.25) is 0 Å². The predicted molar refractivity (Wildman–Crippen MR) is 82.6 cm³/mol. The zero-order chi connectivity index (χ0) is 13.1. The van der Waals surface area contributed by atoms with Crippen molar-refractivity contribution in [2.45, 2.75) is 13.0 Å². The molecule has 4 heteroatoms. The molecule has 1 unspecified atom stereocenters. The molecular weight excluding hydrogens is 364 g/mol. The molecule has 0 amide bonds. The number of hydrogen-bond donors (Lipinski definition) is 1. The van der Waals surface area contributed by atoms with Crippen LogP contribution in [0.3, 0.4) is 0 Å². The Labute approximate surface area is 124 Å². The fourth-order valence-corrected chi connectivity index (χ4v) is 2.26. The largest absolute Gasteiger partial charge is 0.377 e. The second-order valence-electron chi connectivity index (χ2n) is 4.04. The van der Waals surface area contributed by atoms with Gasteiger partial charge in [0.25, 0.3) is 0 Å². The number of anilines is 1. The zero-order valence-corrected chi connectivity index (χ0v) is 12.7. The second-order valence-corrected chi connectivity index (χ2v) is 5.69. The quantitative estimate of drug-likeness (QED) is 0.722. The molecule has 0 bridgehead atoms. The molecule has 0 radical (unpaired) electrons. The van der Waals surface area contributed by atoms with Crippen LogP contribution in [0, 0.1) is 9.39 Å². The molecule has 0 saturated heterocycles. The van der Waals surface area contributed by atoms with E-state index in [0.29, 0.717) is 5.02 Å². The van der Waals surface area contributed by atoms with E-state index in [2.05, 4.69) is 52.2 Å². The predicted octanol–water partition coefficient (Wildman–Crippen LogP) is 5.26. The Balaban J connectivity index is 2.15. The maximum absolute atomic E-state index is 12.9. The van der Waals surface area contributed by atoms with Gasteiger partial charge in [0, 0.05) is 9.61 Å². The number of nitrogens with one attached hydrogen (secondary N) is 1. The van der Waals surface area contributed by atoms with Crippen LogP contribution in [0.15, 0.2) is 42.5 Å². The van der Waals surface area contributed by atoms with Gasteiger partial charge in [-0.25, -0.2) is 4.39 Å². The van der Waals surface area contributed by atoms with Gasteiger partial charge in [-0.15, -0.1) is 0 Å². The summed E-state index contributed by atoms with van der Waals surface area (Å²) in [5, 5.41) is 3.67. The first-order chi connectivity index (χ1) is 8.56. The van der Waals surface area contributed by atoms with Crippen molar-refractivity contribution in [1.82, 2.24) is 0 Å². The molecule has 2 aromatic carbocycles. The summed E-state index contributed by atoms with van der Waals surface area (Å²) in [6, 6.07) is 12.7. The van der Waals surface area contributed by atoms with Gasteiger partial charge in [0.2, 0.25) is 0 Å². The highest BCUT2D eigenvalue weighted by molar-refractivity contribution is 14.1. The van der Waals surface area contributed by atoms with Gasteiger partial charge in [-0.2, -0.15) is 0 Å². The maximum Gasteiger partial charge on any atom is 0.124 e. The van der Waals surface area contributed by atoms with Crippen molar-refractivity contribution in [2.24, 2.45) is 0 Å². The van der Waals surface area contributed by atoms with Crippen LogP contribution in [0.2, 0.25) is 5.02 Å². The summed E-state index contributed by atoms with van der Waals surface area (Å²) in [5.41, 5.74) is 1.90. The molecule has 1 nitrogen and oxygen atoms in total. The second kappa shape index (κ2) is 5.89. The van der Waals surface area contributed by atoms with Gasteiger partial charge in [0.1, 0.15) is 5.82 Å². The Kier molecular flexibility index (Phi) is 4.45. The van der Waals surface area contributed by atoms with Gasteiger partial charge >= 0.3 is 0 Å². The molecule has 0 aromatic heterocycles. The van der Waals surface area contributed by atoms with Crippen molar-refractivity contribution < 1.29 is 4.39 Å². The summed E-state index contributed by atoms with van der Waals surface area (Å²) in [6.07, 6.45) is 0. The van der Waals surface area contributed by atoms with Crippen LogP contribution in [0.4, 0.5) is 10.1 Å². The standard InChI is InChI=1S/C14H12ClFIN/c1-9(10-2-5-12(17)6-3-10)18-14-7-4-11(16)8-13(14)15/h2-9,18H,1H3. The van der Waals surface area contributed by atoms with E-state index >= 15 is 0 Å². The first-order valence-corrected chi connectivity index (χ1v) is 6.99. The van der Waals surface area contributed by atoms with Crippen molar-refractivity contribution >= 4 is 39.9 Å². The highest BCUT2D eigenvalue weighted by Gasteiger charge is 2.08. The first kappa shape index (κ1) is 13.6. The van der Waals surface area contributed by atoms with E-state index in [1.807, 2.05) is 6.92 Å². The van der Waals surface area contributed by atoms with Gasteiger partial charge in [0.05, 0.1) is 10.7 Å². The Morgan fingerprint density at radius 3 is 2.44 bits per heavy atom. The fraction of sp³-hybridized carbons (Fsp3) is 0.143. The molecule has 94 valence electrons. The van der Waals surface area contributed by atoms with E-state index in [1.54, 1.807) is 6.07 Å². The van der Waals surface area contributed by atoms with Crippen LogP contribution in [0.1, 0.15) is 18.5 Å². The summed E-state index contributed by atoms with van der Waals surface area (Å²) in [6.45, 7) is 2.04. The minimum Gasteiger partial charge on any atom is -0.377 e. The lowest BCUT2D eigenvalue weighted by atomic mass is 10.1. The molecule has 0 saturated carbocycles. The smallest absolute Gasteiger partial charge is 0.124 e. The molecule has 0 spiro atoms. The van der Waals surface area contributed by atoms with E-state index in [-0.39, 0.29) is 11.9 Å². The van der Waals surface area contributed by atoms with Crippen molar-refractivity contribution in [1.29, 1.82) is 0 Å². The van der Waals surface area contributed by atoms with E-state index < -0.39 is 0 Å². The molecule has 1 N–H and O–H groups in total. The summed E-state index contributed by atoms with van der Waals surface area (Å²) in [5.74, 6) is -0.326. The lowest BCUT2D eigenvalue weighted by Crippen LogP contribution is -2.07. The average Bonchev–Trinajstić information content (AvgIpc) is 2.33. The molecule has 0 aliphatic carbocycles.